The molecular weight excluding hydrogens is 456 g/mol. The maximum Gasteiger partial charge on any atom is 0.303 e. The van der Waals surface area contributed by atoms with Gasteiger partial charge in [-0.25, -0.2) is 4.98 Å². The molecular formula is C24H32N4O5S. The average molecular weight is 489 g/mol. The molecule has 0 spiro atoms. The Morgan fingerprint density at radius 3 is 2.65 bits per heavy atom. The summed E-state index contributed by atoms with van der Waals surface area (Å²) >= 11 is 1.81. The Kier molecular flexibility index (Phi) is 9.14. The predicted octanol–water partition coefficient (Wildman–Crippen LogP) is 0.928. The SMILES string of the molecule is COCCC1CN(C2=c3ncccc3=CCc3sc(C)nc32)CCN1C.O=C(O)CCC(=O)O. The van der Waals surface area contributed by atoms with Crippen molar-refractivity contribution in [2.75, 3.05) is 40.4 Å². The lowest BCUT2D eigenvalue weighted by Gasteiger charge is -2.41. The summed E-state index contributed by atoms with van der Waals surface area (Å²) in [4.78, 5) is 35.3. The minimum absolute atomic E-state index is 0.296. The van der Waals surface area contributed by atoms with Gasteiger partial charge in [0.1, 0.15) is 5.69 Å². The third-order valence-corrected chi connectivity index (χ3v) is 6.89. The molecule has 1 unspecified atom stereocenters. The van der Waals surface area contributed by atoms with Crippen LogP contribution in [0.5, 0.6) is 0 Å². The maximum absolute atomic E-state index is 9.64. The normalized spacial score (nSPS) is 17.6. The summed E-state index contributed by atoms with van der Waals surface area (Å²) in [7, 11) is 3.99. The molecule has 0 radical (unpaired) electrons. The Morgan fingerprint density at radius 1 is 1.24 bits per heavy atom. The lowest BCUT2D eigenvalue weighted by Crippen LogP contribution is -2.52. The van der Waals surface area contributed by atoms with E-state index in [1.807, 2.05) is 23.6 Å². The number of pyridine rings is 1. The number of ether oxygens (including phenoxy) is 1. The number of thiazole rings is 1. The van der Waals surface area contributed by atoms with Gasteiger partial charge in [0.25, 0.3) is 0 Å². The fraction of sp³-hybridized carbons (Fsp3) is 0.500. The van der Waals surface area contributed by atoms with Gasteiger partial charge in [-0.05, 0) is 31.7 Å². The summed E-state index contributed by atoms with van der Waals surface area (Å²) in [5.74, 6) is -2.15. The van der Waals surface area contributed by atoms with Crippen molar-refractivity contribution < 1.29 is 24.5 Å². The van der Waals surface area contributed by atoms with Crippen LogP contribution in [0.15, 0.2) is 18.3 Å². The molecule has 0 aromatic carbocycles. The average Bonchev–Trinajstić information content (AvgIpc) is 3.10. The molecule has 0 amide bonds. The van der Waals surface area contributed by atoms with Crippen molar-refractivity contribution in [3.05, 3.63) is 44.5 Å². The van der Waals surface area contributed by atoms with E-state index in [9.17, 15) is 9.59 Å². The molecule has 1 aliphatic heterocycles. The Bertz CT molecular complexity index is 1120. The summed E-state index contributed by atoms with van der Waals surface area (Å²) in [6.07, 6.45) is 5.58. The summed E-state index contributed by atoms with van der Waals surface area (Å²) < 4.78 is 5.33. The minimum atomic E-state index is -1.08. The van der Waals surface area contributed by atoms with E-state index in [1.54, 1.807) is 7.11 Å². The Balaban J connectivity index is 0.000000350. The van der Waals surface area contributed by atoms with Crippen LogP contribution in [0.25, 0.3) is 11.8 Å². The van der Waals surface area contributed by atoms with Crippen LogP contribution in [0.3, 0.4) is 0 Å². The monoisotopic (exact) mass is 488 g/mol. The third-order valence-electron chi connectivity index (χ3n) is 5.90. The van der Waals surface area contributed by atoms with Crippen molar-refractivity contribution in [1.82, 2.24) is 19.8 Å². The molecule has 9 nitrogen and oxygen atoms in total. The van der Waals surface area contributed by atoms with Crippen LogP contribution >= 0.6 is 11.3 Å². The van der Waals surface area contributed by atoms with Crippen LogP contribution in [0, 0.1) is 6.92 Å². The van der Waals surface area contributed by atoms with Gasteiger partial charge in [0.05, 0.1) is 28.9 Å². The predicted molar refractivity (Wildman–Crippen MR) is 130 cm³/mol. The number of methoxy groups -OCH3 is 1. The van der Waals surface area contributed by atoms with Gasteiger partial charge in [-0.2, -0.15) is 0 Å². The van der Waals surface area contributed by atoms with Crippen LogP contribution in [-0.2, 0) is 20.7 Å². The van der Waals surface area contributed by atoms with Crippen molar-refractivity contribution in [2.45, 2.75) is 38.6 Å². The number of aromatic nitrogens is 2. The van der Waals surface area contributed by atoms with E-state index in [0.717, 1.165) is 55.1 Å². The van der Waals surface area contributed by atoms with Gasteiger partial charge in [0.2, 0.25) is 0 Å². The van der Waals surface area contributed by atoms with Gasteiger partial charge in [-0.3, -0.25) is 19.5 Å². The number of carboxylic acid groups (broad SMARTS) is 2. The molecule has 2 aliphatic rings. The molecule has 1 saturated heterocycles. The first kappa shape index (κ1) is 25.8. The fourth-order valence-electron chi connectivity index (χ4n) is 4.12. The summed E-state index contributed by atoms with van der Waals surface area (Å²) in [6, 6.07) is 4.68. The molecule has 2 aromatic heterocycles. The van der Waals surface area contributed by atoms with Gasteiger partial charge in [0.15, 0.2) is 0 Å². The molecule has 34 heavy (non-hydrogen) atoms. The van der Waals surface area contributed by atoms with E-state index in [-0.39, 0.29) is 12.8 Å². The number of hydrogen-bond acceptors (Lipinski definition) is 8. The number of nitrogens with zero attached hydrogens (tertiary/aromatic N) is 4. The van der Waals surface area contributed by atoms with E-state index in [0.29, 0.717) is 6.04 Å². The van der Waals surface area contributed by atoms with Crippen molar-refractivity contribution in [2.24, 2.45) is 0 Å². The Hall–Kier alpha value is -2.82. The quantitative estimate of drug-likeness (QED) is 0.587. The van der Waals surface area contributed by atoms with Gasteiger partial charge >= 0.3 is 11.9 Å². The molecule has 10 heteroatoms. The van der Waals surface area contributed by atoms with Crippen molar-refractivity contribution >= 4 is 35.0 Å². The van der Waals surface area contributed by atoms with Crippen LogP contribution in [0.1, 0.15) is 34.8 Å². The lowest BCUT2D eigenvalue weighted by molar-refractivity contribution is -0.143. The number of likely N-dealkylation sites (N-methyl/N-ethyl adjacent to an activating group) is 1. The number of piperazine rings is 1. The second kappa shape index (κ2) is 12.0. The van der Waals surface area contributed by atoms with E-state index in [2.05, 4.69) is 35.9 Å². The fourth-order valence-corrected chi connectivity index (χ4v) is 5.02. The van der Waals surface area contributed by atoms with Gasteiger partial charge in [-0.15, -0.1) is 11.3 Å². The number of hydrogen-bond donors (Lipinski definition) is 2. The highest BCUT2D eigenvalue weighted by Gasteiger charge is 2.29. The van der Waals surface area contributed by atoms with Crippen LogP contribution in [0.4, 0.5) is 0 Å². The molecule has 2 aromatic rings. The molecule has 184 valence electrons. The summed E-state index contributed by atoms with van der Waals surface area (Å²) in [5.41, 5.74) is 2.35. The lowest BCUT2D eigenvalue weighted by atomic mass is 10.1. The Morgan fingerprint density at radius 2 is 1.97 bits per heavy atom. The minimum Gasteiger partial charge on any atom is -0.481 e. The maximum atomic E-state index is 9.64. The highest BCUT2D eigenvalue weighted by atomic mass is 32.1. The molecule has 4 rings (SSSR count). The van der Waals surface area contributed by atoms with Crippen molar-refractivity contribution in [1.29, 1.82) is 0 Å². The Labute approximate surface area is 203 Å². The number of aryl methyl sites for hydroxylation is 1. The van der Waals surface area contributed by atoms with Gasteiger partial charge in [-0.1, -0.05) is 12.1 Å². The van der Waals surface area contributed by atoms with E-state index < -0.39 is 11.9 Å². The second-order valence-corrected chi connectivity index (χ2v) is 9.64. The molecule has 0 saturated carbocycles. The number of rotatable bonds is 7. The topological polar surface area (TPSA) is 116 Å². The zero-order chi connectivity index (χ0) is 24.7. The molecule has 1 fully saturated rings. The first-order chi connectivity index (χ1) is 16.3. The van der Waals surface area contributed by atoms with Crippen LogP contribution in [-0.4, -0.2) is 88.4 Å². The number of fused-ring (bicyclic) bond motifs is 2. The highest BCUT2D eigenvalue weighted by Crippen LogP contribution is 2.28. The summed E-state index contributed by atoms with van der Waals surface area (Å²) in [5, 5.41) is 19.2. The van der Waals surface area contributed by atoms with Crippen LogP contribution < -0.4 is 10.6 Å². The number of carboxylic acids is 2. The molecule has 0 bridgehead atoms. The van der Waals surface area contributed by atoms with E-state index in [4.69, 9.17) is 24.9 Å². The standard InChI is InChI=1S/C20H26N4OS.C4H6O4/c1-14-22-19-17(26-14)7-6-15-5-4-9-21-18(15)20(19)24-11-10-23(2)16(13-24)8-12-25-3;5-3(6)1-2-4(7)8/h4-6,9,16H,7-8,10-13H2,1-3H3;1-2H2,(H,5,6)(H,7,8). The zero-order valence-corrected chi connectivity index (χ0v) is 20.7. The smallest absolute Gasteiger partial charge is 0.303 e. The van der Waals surface area contributed by atoms with Crippen molar-refractivity contribution in [3.63, 3.8) is 0 Å². The largest absolute Gasteiger partial charge is 0.481 e. The summed E-state index contributed by atoms with van der Waals surface area (Å²) in [6.45, 7) is 5.92. The molecule has 1 aliphatic carbocycles. The van der Waals surface area contributed by atoms with Crippen molar-refractivity contribution in [3.8, 4) is 0 Å². The van der Waals surface area contributed by atoms with Gasteiger partial charge in [0, 0.05) is 56.9 Å². The number of carbonyl (C=O) groups is 2. The zero-order valence-electron chi connectivity index (χ0n) is 19.9. The van der Waals surface area contributed by atoms with Gasteiger partial charge < -0.3 is 19.8 Å². The second-order valence-electron chi connectivity index (χ2n) is 8.35. The number of aliphatic carboxylic acids is 2. The molecule has 3 heterocycles. The highest BCUT2D eigenvalue weighted by molar-refractivity contribution is 7.11. The van der Waals surface area contributed by atoms with E-state index in [1.165, 1.54) is 15.8 Å². The third kappa shape index (κ3) is 6.62. The van der Waals surface area contributed by atoms with Crippen LogP contribution in [0.2, 0.25) is 0 Å². The van der Waals surface area contributed by atoms with E-state index >= 15 is 0 Å². The first-order valence-corrected chi connectivity index (χ1v) is 12.1. The molecule has 1 atom stereocenters. The molecule has 2 N–H and O–H groups in total. The first-order valence-electron chi connectivity index (χ1n) is 11.3.